The molecule has 152 valence electrons. The van der Waals surface area contributed by atoms with Gasteiger partial charge >= 0.3 is 12.0 Å². The van der Waals surface area contributed by atoms with Gasteiger partial charge in [-0.3, -0.25) is 9.69 Å². The molecule has 9 nitrogen and oxygen atoms in total. The monoisotopic (exact) mass is 397 g/mol. The maximum atomic E-state index is 12.8. The molecule has 4 rings (SSSR count). The van der Waals surface area contributed by atoms with Crippen molar-refractivity contribution in [1.29, 1.82) is 0 Å². The van der Waals surface area contributed by atoms with Crippen molar-refractivity contribution in [2.24, 2.45) is 0 Å². The highest BCUT2D eigenvalue weighted by atomic mass is 16.5. The number of rotatable bonds is 6. The minimum atomic E-state index is -0.187. The molecule has 0 N–H and O–H groups in total. The quantitative estimate of drug-likeness (QED) is 0.732. The average molecular weight is 397 g/mol. The van der Waals surface area contributed by atoms with E-state index in [4.69, 9.17) is 9.47 Å². The minimum Gasteiger partial charge on any atom is -0.495 e. The molecule has 29 heavy (non-hydrogen) atoms. The van der Waals surface area contributed by atoms with Gasteiger partial charge in [0.25, 0.3) is 0 Å². The number of ether oxygens (including phenoxy) is 2. The van der Waals surface area contributed by atoms with Gasteiger partial charge in [-0.05, 0) is 18.2 Å². The van der Waals surface area contributed by atoms with Crippen molar-refractivity contribution in [1.82, 2.24) is 19.8 Å². The highest BCUT2D eigenvalue weighted by molar-refractivity contribution is 5.97. The molecule has 0 radical (unpaired) electrons. The number of hydrogen-bond acceptors (Lipinski definition) is 6. The summed E-state index contributed by atoms with van der Waals surface area (Å²) in [5.74, 6) is 0.553. The average Bonchev–Trinajstić information content (AvgIpc) is 3.36. The van der Waals surface area contributed by atoms with E-state index in [1.807, 2.05) is 24.3 Å². The van der Waals surface area contributed by atoms with Crippen molar-refractivity contribution >= 4 is 17.6 Å². The van der Waals surface area contributed by atoms with Gasteiger partial charge in [0, 0.05) is 38.4 Å². The minimum absolute atomic E-state index is 0.0546. The molecule has 1 aromatic carbocycles. The highest BCUT2D eigenvalue weighted by Gasteiger charge is 2.35. The molecule has 3 heterocycles. The fourth-order valence-electron chi connectivity index (χ4n) is 3.62. The summed E-state index contributed by atoms with van der Waals surface area (Å²) in [6, 6.07) is 9.23. The topological polar surface area (TPSA) is 88.1 Å². The zero-order valence-corrected chi connectivity index (χ0v) is 16.2. The summed E-state index contributed by atoms with van der Waals surface area (Å²) in [5.41, 5.74) is 0.715. The van der Waals surface area contributed by atoms with Crippen LogP contribution in [0.5, 0.6) is 11.8 Å². The normalized spacial score (nSPS) is 19.0. The third-order valence-corrected chi connectivity index (χ3v) is 5.11. The van der Waals surface area contributed by atoms with Gasteiger partial charge in [0.15, 0.2) is 0 Å². The summed E-state index contributed by atoms with van der Waals surface area (Å²) in [6.07, 6.45) is 3.81. The Hall–Kier alpha value is -3.36. The van der Waals surface area contributed by atoms with Crippen molar-refractivity contribution in [2.75, 3.05) is 44.7 Å². The van der Waals surface area contributed by atoms with Crippen molar-refractivity contribution in [2.45, 2.75) is 12.5 Å². The fraction of sp³-hybridized carbons (Fsp3) is 0.400. The standard InChI is InChI=1S/C20H23N5O4/c1-28-17-6-3-2-5-16(17)25-12-11-24(20(25)27)14-18(26)23-10-7-15(13-23)29-19-21-8-4-9-22-19/h2-6,8-9,15H,7,10-14H2,1H3/t15-/m1/s1. The first-order valence-electron chi connectivity index (χ1n) is 9.56. The molecule has 0 saturated carbocycles. The summed E-state index contributed by atoms with van der Waals surface area (Å²) in [7, 11) is 1.58. The molecule has 2 aromatic rings. The summed E-state index contributed by atoms with van der Waals surface area (Å²) in [6.45, 7) is 2.13. The number of carbonyl (C=O) groups is 2. The van der Waals surface area contributed by atoms with E-state index >= 15 is 0 Å². The van der Waals surface area contributed by atoms with E-state index in [-0.39, 0.29) is 24.6 Å². The second kappa shape index (κ2) is 8.34. The number of amides is 3. The first-order valence-corrected chi connectivity index (χ1v) is 9.56. The van der Waals surface area contributed by atoms with Gasteiger partial charge in [-0.2, -0.15) is 0 Å². The van der Waals surface area contributed by atoms with Crippen LogP contribution in [0.3, 0.4) is 0 Å². The van der Waals surface area contributed by atoms with Crippen LogP contribution in [-0.4, -0.2) is 77.6 Å². The van der Waals surface area contributed by atoms with Crippen LogP contribution in [0.1, 0.15) is 6.42 Å². The lowest BCUT2D eigenvalue weighted by Crippen LogP contribution is -2.42. The Morgan fingerprint density at radius 1 is 1.14 bits per heavy atom. The maximum absolute atomic E-state index is 12.8. The zero-order chi connectivity index (χ0) is 20.2. The van der Waals surface area contributed by atoms with Crippen LogP contribution in [0.25, 0.3) is 0 Å². The van der Waals surface area contributed by atoms with E-state index < -0.39 is 0 Å². The molecule has 2 fully saturated rings. The van der Waals surface area contributed by atoms with E-state index in [1.165, 1.54) is 0 Å². The molecule has 2 saturated heterocycles. The third-order valence-electron chi connectivity index (χ3n) is 5.11. The van der Waals surface area contributed by atoms with E-state index in [0.717, 1.165) is 0 Å². The van der Waals surface area contributed by atoms with Gasteiger partial charge in [-0.25, -0.2) is 14.8 Å². The van der Waals surface area contributed by atoms with E-state index in [2.05, 4.69) is 9.97 Å². The van der Waals surface area contributed by atoms with Crippen LogP contribution in [0.4, 0.5) is 10.5 Å². The van der Waals surface area contributed by atoms with Crippen LogP contribution in [0.2, 0.25) is 0 Å². The Bertz CT molecular complexity index is 878. The Labute approximate surface area is 168 Å². The number of anilines is 1. The van der Waals surface area contributed by atoms with Gasteiger partial charge in [-0.1, -0.05) is 12.1 Å². The van der Waals surface area contributed by atoms with Crippen molar-refractivity contribution in [3.8, 4) is 11.8 Å². The third kappa shape index (κ3) is 4.08. The number of methoxy groups -OCH3 is 1. The fourth-order valence-corrected chi connectivity index (χ4v) is 3.62. The van der Waals surface area contributed by atoms with Crippen LogP contribution in [0.15, 0.2) is 42.7 Å². The van der Waals surface area contributed by atoms with E-state index in [9.17, 15) is 9.59 Å². The van der Waals surface area contributed by atoms with Crippen LogP contribution >= 0.6 is 0 Å². The number of benzene rings is 1. The Morgan fingerprint density at radius 3 is 2.72 bits per heavy atom. The van der Waals surface area contributed by atoms with E-state index in [0.29, 0.717) is 50.0 Å². The van der Waals surface area contributed by atoms with Gasteiger partial charge in [0.1, 0.15) is 18.4 Å². The number of nitrogens with zero attached hydrogens (tertiary/aromatic N) is 5. The molecule has 0 spiro atoms. The molecule has 3 amide bonds. The summed E-state index contributed by atoms with van der Waals surface area (Å²) >= 11 is 0. The number of aromatic nitrogens is 2. The number of hydrogen-bond donors (Lipinski definition) is 0. The smallest absolute Gasteiger partial charge is 0.325 e. The molecule has 9 heteroatoms. The lowest BCUT2D eigenvalue weighted by atomic mass is 10.2. The van der Waals surface area contributed by atoms with Gasteiger partial charge < -0.3 is 19.3 Å². The van der Waals surface area contributed by atoms with Gasteiger partial charge in [0.2, 0.25) is 5.91 Å². The predicted molar refractivity (Wildman–Crippen MR) is 105 cm³/mol. The van der Waals surface area contributed by atoms with E-state index in [1.54, 1.807) is 40.3 Å². The highest BCUT2D eigenvalue weighted by Crippen LogP contribution is 2.30. The first kappa shape index (κ1) is 19.0. The lowest BCUT2D eigenvalue weighted by Gasteiger charge is -2.22. The number of carbonyl (C=O) groups excluding carboxylic acids is 2. The molecular formula is C20H23N5O4. The maximum Gasteiger partial charge on any atom is 0.325 e. The SMILES string of the molecule is COc1ccccc1N1CCN(CC(=O)N2CC[C@@H](Oc3ncccn3)C2)C1=O. The Kier molecular flexibility index (Phi) is 5.46. The summed E-state index contributed by atoms with van der Waals surface area (Å²) < 4.78 is 11.1. The molecule has 1 atom stereocenters. The number of likely N-dealkylation sites (tertiary alicyclic amines) is 1. The lowest BCUT2D eigenvalue weighted by molar-refractivity contribution is -0.130. The predicted octanol–water partition coefficient (Wildman–Crippen LogP) is 1.41. The zero-order valence-electron chi connectivity index (χ0n) is 16.2. The Morgan fingerprint density at radius 2 is 1.93 bits per heavy atom. The molecule has 0 aliphatic carbocycles. The van der Waals surface area contributed by atoms with Crippen molar-refractivity contribution in [3.05, 3.63) is 42.7 Å². The summed E-state index contributed by atoms with van der Waals surface area (Å²) in [5, 5.41) is 0. The second-order valence-corrected chi connectivity index (χ2v) is 6.93. The molecule has 0 unspecified atom stereocenters. The first-order chi connectivity index (χ1) is 14.2. The largest absolute Gasteiger partial charge is 0.495 e. The Balaban J connectivity index is 1.33. The molecule has 2 aliphatic heterocycles. The van der Waals surface area contributed by atoms with Crippen LogP contribution < -0.4 is 14.4 Å². The number of urea groups is 1. The molecule has 0 bridgehead atoms. The van der Waals surface area contributed by atoms with Crippen molar-refractivity contribution < 1.29 is 19.1 Å². The van der Waals surface area contributed by atoms with Crippen LogP contribution in [-0.2, 0) is 4.79 Å². The second-order valence-electron chi connectivity index (χ2n) is 6.93. The number of para-hydroxylation sites is 2. The van der Waals surface area contributed by atoms with Gasteiger partial charge in [0.05, 0.1) is 19.3 Å². The molecule has 1 aromatic heterocycles. The summed E-state index contributed by atoms with van der Waals surface area (Å²) in [4.78, 5) is 38.6. The molecule has 2 aliphatic rings. The van der Waals surface area contributed by atoms with Crippen molar-refractivity contribution in [3.63, 3.8) is 0 Å². The van der Waals surface area contributed by atoms with Crippen LogP contribution in [0, 0.1) is 0 Å². The van der Waals surface area contributed by atoms with Gasteiger partial charge in [-0.15, -0.1) is 0 Å². The molecular weight excluding hydrogens is 374 g/mol.